The van der Waals surface area contributed by atoms with Crippen molar-refractivity contribution in [2.24, 2.45) is 0 Å². The van der Waals surface area contributed by atoms with Gasteiger partial charge in [0.25, 0.3) is 0 Å². The molecule has 1 aliphatic heterocycles. The van der Waals surface area contributed by atoms with E-state index in [4.69, 9.17) is 23.2 Å². The molecule has 2 rings (SSSR count). The summed E-state index contributed by atoms with van der Waals surface area (Å²) < 4.78 is 22.6. The van der Waals surface area contributed by atoms with E-state index in [0.717, 1.165) is 4.90 Å². The number of nitrogens with zero attached hydrogens (tertiary/aromatic N) is 1. The number of amides is 1. The SMILES string of the molecule is O=C1CS(=O)(=O)CN1c1cc(Cl)ccc1Cl. The summed E-state index contributed by atoms with van der Waals surface area (Å²) in [5.41, 5.74) is 0.334. The molecule has 0 aromatic heterocycles. The summed E-state index contributed by atoms with van der Waals surface area (Å²) in [6, 6.07) is 4.57. The molecule has 0 bridgehead atoms. The second-order valence-electron chi connectivity index (χ2n) is 3.43. The van der Waals surface area contributed by atoms with Gasteiger partial charge in [0.1, 0.15) is 11.6 Å². The summed E-state index contributed by atoms with van der Waals surface area (Å²) in [4.78, 5) is 12.6. The van der Waals surface area contributed by atoms with Crippen molar-refractivity contribution >= 4 is 44.6 Å². The highest BCUT2D eigenvalue weighted by atomic mass is 35.5. The Morgan fingerprint density at radius 1 is 1.25 bits per heavy atom. The van der Waals surface area contributed by atoms with E-state index in [0.29, 0.717) is 15.7 Å². The minimum absolute atomic E-state index is 0.301. The molecule has 0 N–H and O–H groups in total. The van der Waals surface area contributed by atoms with E-state index >= 15 is 0 Å². The standard InChI is InChI=1S/C9H7Cl2NO3S/c10-6-1-2-7(11)8(3-6)12-5-16(14,15)4-9(12)13/h1-3H,4-5H2. The Labute approximate surface area is 103 Å². The van der Waals surface area contributed by atoms with E-state index in [9.17, 15) is 13.2 Å². The number of halogens is 2. The van der Waals surface area contributed by atoms with Crippen molar-refractivity contribution in [3.63, 3.8) is 0 Å². The molecule has 1 amide bonds. The lowest BCUT2D eigenvalue weighted by atomic mass is 10.3. The molecule has 7 heteroatoms. The molecular weight excluding hydrogens is 273 g/mol. The highest BCUT2D eigenvalue weighted by Gasteiger charge is 2.34. The maximum absolute atomic E-state index is 11.5. The van der Waals surface area contributed by atoms with E-state index < -0.39 is 21.5 Å². The lowest BCUT2D eigenvalue weighted by Crippen LogP contribution is -2.25. The van der Waals surface area contributed by atoms with E-state index in [1.165, 1.54) is 12.1 Å². The van der Waals surface area contributed by atoms with Gasteiger partial charge in [-0.25, -0.2) is 8.42 Å². The van der Waals surface area contributed by atoms with Crippen LogP contribution in [0.1, 0.15) is 0 Å². The van der Waals surface area contributed by atoms with Gasteiger partial charge >= 0.3 is 0 Å². The normalized spacial score (nSPS) is 19.1. The van der Waals surface area contributed by atoms with Crippen LogP contribution >= 0.6 is 23.2 Å². The van der Waals surface area contributed by atoms with Gasteiger partial charge in [0.05, 0.1) is 10.7 Å². The number of carbonyl (C=O) groups is 1. The third-order valence-corrected chi connectivity index (χ3v) is 4.06. The molecule has 1 aliphatic rings. The third kappa shape index (κ3) is 2.16. The van der Waals surface area contributed by atoms with Crippen LogP contribution in [0.4, 0.5) is 5.69 Å². The van der Waals surface area contributed by atoms with Crippen LogP contribution in [0.5, 0.6) is 0 Å². The summed E-state index contributed by atoms with van der Waals surface area (Å²) in [6.07, 6.45) is 0. The summed E-state index contributed by atoms with van der Waals surface area (Å²) in [6.45, 7) is 0. The monoisotopic (exact) mass is 279 g/mol. The van der Waals surface area contributed by atoms with Gasteiger partial charge in [-0.2, -0.15) is 0 Å². The maximum atomic E-state index is 11.5. The molecule has 86 valence electrons. The molecule has 16 heavy (non-hydrogen) atoms. The third-order valence-electron chi connectivity index (χ3n) is 2.17. The predicted molar refractivity (Wildman–Crippen MR) is 62.6 cm³/mol. The van der Waals surface area contributed by atoms with Crippen molar-refractivity contribution in [3.8, 4) is 0 Å². The first-order chi connectivity index (χ1) is 7.39. The summed E-state index contributed by atoms with van der Waals surface area (Å²) in [5.74, 6) is -1.30. The van der Waals surface area contributed by atoms with Gasteiger partial charge in [-0.05, 0) is 18.2 Å². The summed E-state index contributed by atoms with van der Waals surface area (Å²) in [5, 5.41) is 0.700. The number of anilines is 1. The van der Waals surface area contributed by atoms with Crippen molar-refractivity contribution < 1.29 is 13.2 Å². The zero-order valence-electron chi connectivity index (χ0n) is 7.98. The fraction of sp³-hybridized carbons (Fsp3) is 0.222. The molecule has 0 atom stereocenters. The highest BCUT2D eigenvalue weighted by molar-refractivity contribution is 7.92. The van der Waals surface area contributed by atoms with E-state index in [1.807, 2.05) is 0 Å². The van der Waals surface area contributed by atoms with E-state index in [1.54, 1.807) is 6.07 Å². The predicted octanol–water partition coefficient (Wildman–Crippen LogP) is 1.71. The van der Waals surface area contributed by atoms with E-state index in [2.05, 4.69) is 0 Å². The number of rotatable bonds is 1. The van der Waals surface area contributed by atoms with Gasteiger partial charge in [-0.3, -0.25) is 9.69 Å². The molecule has 0 spiro atoms. The molecule has 1 heterocycles. The van der Waals surface area contributed by atoms with Crippen LogP contribution in [-0.4, -0.2) is 26.0 Å². The Morgan fingerprint density at radius 3 is 2.50 bits per heavy atom. The first-order valence-electron chi connectivity index (χ1n) is 4.35. The minimum Gasteiger partial charge on any atom is -0.295 e. The van der Waals surface area contributed by atoms with Gasteiger partial charge in [0.2, 0.25) is 5.91 Å². The zero-order valence-corrected chi connectivity index (χ0v) is 10.3. The number of hydrogen-bond acceptors (Lipinski definition) is 3. The topological polar surface area (TPSA) is 54.5 Å². The second-order valence-corrected chi connectivity index (χ2v) is 6.31. The van der Waals surface area contributed by atoms with Crippen molar-refractivity contribution in [1.29, 1.82) is 0 Å². The molecule has 1 saturated heterocycles. The van der Waals surface area contributed by atoms with Crippen molar-refractivity contribution in [1.82, 2.24) is 0 Å². The Kier molecular flexibility index (Phi) is 2.86. The summed E-state index contributed by atoms with van der Waals surface area (Å²) >= 11 is 11.7. The van der Waals surface area contributed by atoms with Crippen LogP contribution in [0.25, 0.3) is 0 Å². The van der Waals surface area contributed by atoms with E-state index in [-0.39, 0.29) is 5.88 Å². The molecule has 1 aromatic rings. The first kappa shape index (κ1) is 11.7. The first-order valence-corrected chi connectivity index (χ1v) is 6.93. The Morgan fingerprint density at radius 2 is 1.94 bits per heavy atom. The number of sulfone groups is 1. The Balaban J connectivity index is 2.46. The highest BCUT2D eigenvalue weighted by Crippen LogP contribution is 2.31. The average Bonchev–Trinajstić information content (AvgIpc) is 2.44. The van der Waals surface area contributed by atoms with Crippen molar-refractivity contribution in [3.05, 3.63) is 28.2 Å². The van der Waals surface area contributed by atoms with Crippen molar-refractivity contribution in [2.75, 3.05) is 16.5 Å². The zero-order chi connectivity index (χ0) is 11.9. The van der Waals surface area contributed by atoms with Gasteiger partial charge in [-0.15, -0.1) is 0 Å². The van der Waals surface area contributed by atoms with Crippen LogP contribution < -0.4 is 4.90 Å². The maximum Gasteiger partial charge on any atom is 0.243 e. The molecular formula is C9H7Cl2NO3S. The number of carbonyl (C=O) groups excluding carboxylic acids is 1. The molecule has 4 nitrogen and oxygen atoms in total. The molecule has 0 aliphatic carbocycles. The van der Waals surface area contributed by atoms with Crippen LogP contribution in [-0.2, 0) is 14.6 Å². The molecule has 0 saturated carbocycles. The van der Waals surface area contributed by atoms with Gasteiger partial charge in [-0.1, -0.05) is 23.2 Å². The van der Waals surface area contributed by atoms with Crippen LogP contribution in [0.15, 0.2) is 18.2 Å². The van der Waals surface area contributed by atoms with Gasteiger partial charge < -0.3 is 0 Å². The quantitative estimate of drug-likeness (QED) is 0.787. The molecule has 0 unspecified atom stereocenters. The number of hydrogen-bond donors (Lipinski definition) is 0. The minimum atomic E-state index is -3.35. The lowest BCUT2D eigenvalue weighted by molar-refractivity contribution is -0.115. The Hall–Kier alpha value is -0.780. The van der Waals surface area contributed by atoms with Gasteiger partial charge in [0, 0.05) is 5.02 Å². The average molecular weight is 280 g/mol. The second kappa shape index (κ2) is 3.91. The van der Waals surface area contributed by atoms with Crippen LogP contribution in [0.3, 0.4) is 0 Å². The fourth-order valence-corrected chi connectivity index (χ4v) is 3.16. The molecule has 1 aromatic carbocycles. The van der Waals surface area contributed by atoms with Crippen molar-refractivity contribution in [2.45, 2.75) is 0 Å². The summed E-state index contributed by atoms with van der Waals surface area (Å²) in [7, 11) is -3.35. The van der Waals surface area contributed by atoms with Crippen LogP contribution in [0, 0.1) is 0 Å². The number of benzene rings is 1. The van der Waals surface area contributed by atoms with Gasteiger partial charge in [0.15, 0.2) is 9.84 Å². The largest absolute Gasteiger partial charge is 0.295 e. The van der Waals surface area contributed by atoms with Crippen LogP contribution in [0.2, 0.25) is 10.0 Å². The smallest absolute Gasteiger partial charge is 0.243 e. The Bertz CT molecular complexity index is 556. The molecule has 0 radical (unpaired) electrons. The molecule has 1 fully saturated rings. The fourth-order valence-electron chi connectivity index (χ4n) is 1.48. The lowest BCUT2D eigenvalue weighted by Gasteiger charge is -2.15.